The van der Waals surface area contributed by atoms with Gasteiger partial charge in [-0.1, -0.05) is 35.3 Å². The van der Waals surface area contributed by atoms with Crippen LogP contribution in [0.15, 0.2) is 60.9 Å². The number of pyridine rings is 4. The first-order valence-electron chi connectivity index (χ1n) is 21.3. The molecule has 2 aliphatic heterocycles. The van der Waals surface area contributed by atoms with Crippen LogP contribution in [0.2, 0.25) is 10.0 Å². The normalized spacial score (nSPS) is 20.6. The van der Waals surface area contributed by atoms with Gasteiger partial charge >= 0.3 is 0 Å². The number of hydrogen-bond acceptors (Lipinski definition) is 14. The third-order valence-corrected chi connectivity index (χ3v) is 12.5. The van der Waals surface area contributed by atoms with Crippen molar-refractivity contribution in [2.75, 3.05) is 74.4 Å². The molecule has 0 bridgehead atoms. The quantitative estimate of drug-likeness (QED) is 0.0641. The van der Waals surface area contributed by atoms with Crippen molar-refractivity contribution in [3.05, 3.63) is 71.0 Å². The van der Waals surface area contributed by atoms with Crippen molar-refractivity contribution < 1.29 is 9.47 Å². The molecule has 0 radical (unpaired) electrons. The predicted octanol–water partition coefficient (Wildman–Crippen LogP) is 7.77. The molecule has 8 rings (SSSR count). The van der Waals surface area contributed by atoms with Gasteiger partial charge in [-0.05, 0) is 94.7 Å². The van der Waals surface area contributed by atoms with Gasteiger partial charge in [-0.3, -0.25) is 0 Å². The Morgan fingerprint density at radius 2 is 1.26 bits per heavy atom. The van der Waals surface area contributed by atoms with Crippen LogP contribution in [0.5, 0.6) is 0 Å². The smallest absolute Gasteiger partial charge is 0.126 e. The van der Waals surface area contributed by atoms with Crippen molar-refractivity contribution in [3.63, 3.8) is 0 Å². The number of aromatic nitrogens is 4. The summed E-state index contributed by atoms with van der Waals surface area (Å²) in [5, 5.41) is 40.5. The standard InChI is InChI=1S/C25H33ClN6O.C20H23ClN6O/c1-17(14-33-2)30-18-6-8-19(9-7-18)31-24-12-20(21(26)13-28-24)22-4-3-5-23(32-22)29-16-25(15-27)10-11-25;21-16-11-24-19(26-14-9-23-10-14)8-15(16)17-2-1-3-18(27-17)25-13-20(12-22)4-6-28-7-5-20/h3-5,12-13,17-19,30H,6-11,14,16H2,1-2H3,(H,28,31)(H,29,32);1-3,8,11,14,23H,4-7,9-10,13H2,(H,24,26)(H,25,27)/t17-,18-,19-;/m1./s1. The molecular weight excluding hydrogens is 811 g/mol. The van der Waals surface area contributed by atoms with Crippen LogP contribution < -0.4 is 31.9 Å². The number of nitriles is 2. The Kier molecular flexibility index (Phi) is 15.1. The van der Waals surface area contributed by atoms with Gasteiger partial charge in [0.2, 0.25) is 0 Å². The molecule has 6 N–H and O–H groups in total. The zero-order valence-corrected chi connectivity index (χ0v) is 36.5. The fourth-order valence-corrected chi connectivity index (χ4v) is 8.20. The van der Waals surface area contributed by atoms with E-state index in [-0.39, 0.29) is 5.41 Å². The molecule has 16 heteroatoms. The maximum absolute atomic E-state index is 9.61. The SMILES string of the molecule is COC[C@@H](C)N[C@H]1CC[C@H](Nc2cc(-c3cccc(NCC4(C#N)CC4)n3)c(Cl)cn2)CC1.N#CC1(CNc2cccc(-c3cc(NC4CNC4)ncc3Cl)n2)CCOCC1. The predicted molar refractivity (Wildman–Crippen MR) is 242 cm³/mol. The number of methoxy groups -OCH3 is 1. The van der Waals surface area contributed by atoms with Gasteiger partial charge in [0.1, 0.15) is 23.3 Å². The third kappa shape index (κ3) is 12.2. The molecule has 322 valence electrons. The molecule has 0 spiro atoms. The van der Waals surface area contributed by atoms with Crippen LogP contribution in [0.1, 0.15) is 58.3 Å². The van der Waals surface area contributed by atoms with Crippen molar-refractivity contribution in [3.8, 4) is 34.7 Å². The van der Waals surface area contributed by atoms with Gasteiger partial charge in [0.25, 0.3) is 0 Å². The molecule has 61 heavy (non-hydrogen) atoms. The first-order chi connectivity index (χ1) is 29.7. The molecule has 0 amide bonds. The molecule has 6 heterocycles. The Labute approximate surface area is 369 Å². The topological polar surface area (TPSA) is 190 Å². The van der Waals surface area contributed by atoms with Crippen LogP contribution in [-0.2, 0) is 9.47 Å². The number of anilines is 4. The summed E-state index contributed by atoms with van der Waals surface area (Å²) >= 11 is 12.9. The second-order valence-corrected chi connectivity index (χ2v) is 17.5. The molecule has 1 atom stereocenters. The van der Waals surface area contributed by atoms with E-state index in [4.69, 9.17) is 42.6 Å². The Bertz CT molecular complexity index is 2160. The molecule has 0 unspecified atom stereocenters. The van der Waals surface area contributed by atoms with E-state index < -0.39 is 5.41 Å². The molecule has 4 aromatic heterocycles. The van der Waals surface area contributed by atoms with Crippen LogP contribution >= 0.6 is 23.2 Å². The summed E-state index contributed by atoms with van der Waals surface area (Å²) in [6.45, 7) is 7.20. The van der Waals surface area contributed by atoms with Gasteiger partial charge in [-0.2, -0.15) is 10.5 Å². The van der Waals surface area contributed by atoms with Crippen molar-refractivity contribution in [1.82, 2.24) is 30.6 Å². The second-order valence-electron chi connectivity index (χ2n) is 16.7. The summed E-state index contributed by atoms with van der Waals surface area (Å²) in [4.78, 5) is 18.3. The van der Waals surface area contributed by atoms with Gasteiger partial charge < -0.3 is 41.4 Å². The summed E-state index contributed by atoms with van der Waals surface area (Å²) in [7, 11) is 1.74. The monoisotopic (exact) mass is 866 g/mol. The van der Waals surface area contributed by atoms with E-state index in [0.717, 1.165) is 117 Å². The van der Waals surface area contributed by atoms with E-state index >= 15 is 0 Å². The Morgan fingerprint density at radius 1 is 0.754 bits per heavy atom. The number of halogens is 2. The van der Waals surface area contributed by atoms with Crippen molar-refractivity contribution >= 4 is 46.5 Å². The average molecular weight is 868 g/mol. The maximum Gasteiger partial charge on any atom is 0.126 e. The van der Waals surface area contributed by atoms with Gasteiger partial charge in [-0.25, -0.2) is 19.9 Å². The lowest BCUT2D eigenvalue weighted by atomic mass is 9.82. The summed E-state index contributed by atoms with van der Waals surface area (Å²) in [5.74, 6) is 3.09. The third-order valence-electron chi connectivity index (χ3n) is 11.9. The fourth-order valence-electron chi connectivity index (χ4n) is 7.80. The summed E-state index contributed by atoms with van der Waals surface area (Å²) in [6, 6.07) is 22.1. The summed E-state index contributed by atoms with van der Waals surface area (Å²) in [5.41, 5.74) is 2.61. The molecule has 2 saturated carbocycles. The fraction of sp³-hybridized carbons (Fsp3) is 0.511. The number of rotatable bonds is 16. The van der Waals surface area contributed by atoms with Gasteiger partial charge in [0, 0.05) is 88.1 Å². The maximum atomic E-state index is 9.61. The van der Waals surface area contributed by atoms with Crippen LogP contribution in [0.3, 0.4) is 0 Å². The van der Waals surface area contributed by atoms with E-state index in [1.54, 1.807) is 19.5 Å². The minimum Gasteiger partial charge on any atom is -0.383 e. The highest BCUT2D eigenvalue weighted by atomic mass is 35.5. The van der Waals surface area contributed by atoms with E-state index in [9.17, 15) is 10.5 Å². The minimum atomic E-state index is -0.405. The van der Waals surface area contributed by atoms with E-state index in [0.29, 0.717) is 60.5 Å². The number of ether oxygens (including phenoxy) is 2. The minimum absolute atomic E-state index is 0.223. The van der Waals surface area contributed by atoms with E-state index in [1.807, 2.05) is 48.5 Å². The van der Waals surface area contributed by atoms with Crippen LogP contribution in [0.4, 0.5) is 23.3 Å². The van der Waals surface area contributed by atoms with Gasteiger partial charge in [0.05, 0.1) is 57.1 Å². The van der Waals surface area contributed by atoms with Crippen LogP contribution in [0.25, 0.3) is 22.5 Å². The zero-order chi connectivity index (χ0) is 42.7. The van der Waals surface area contributed by atoms with Crippen molar-refractivity contribution in [2.45, 2.75) is 82.5 Å². The number of nitrogens with one attached hydrogen (secondary N) is 6. The largest absolute Gasteiger partial charge is 0.383 e. The molecule has 0 aromatic carbocycles. The Morgan fingerprint density at radius 3 is 1.74 bits per heavy atom. The summed E-state index contributed by atoms with van der Waals surface area (Å²) in [6.07, 6.45) is 11.2. The zero-order valence-electron chi connectivity index (χ0n) is 34.9. The first kappa shape index (κ1) is 44.3. The molecule has 2 saturated heterocycles. The first-order valence-corrected chi connectivity index (χ1v) is 22.1. The molecular formula is C45H56Cl2N12O2. The highest BCUT2D eigenvalue weighted by Gasteiger charge is 2.43. The van der Waals surface area contributed by atoms with E-state index in [1.165, 1.54) is 0 Å². The van der Waals surface area contributed by atoms with Crippen molar-refractivity contribution in [2.24, 2.45) is 10.8 Å². The van der Waals surface area contributed by atoms with Crippen LogP contribution in [0, 0.1) is 33.5 Å². The number of hydrogen-bond donors (Lipinski definition) is 6. The lowest BCUT2D eigenvalue weighted by Gasteiger charge is -2.31. The lowest BCUT2D eigenvalue weighted by molar-refractivity contribution is 0.0455. The Hall–Kier alpha value is -4.80. The average Bonchev–Trinajstić information content (AvgIpc) is 4.07. The molecule has 4 aliphatic rings. The molecule has 2 aliphatic carbocycles. The van der Waals surface area contributed by atoms with Gasteiger partial charge in [-0.15, -0.1) is 0 Å². The molecule has 4 aromatic rings. The molecule has 14 nitrogen and oxygen atoms in total. The highest BCUT2D eigenvalue weighted by molar-refractivity contribution is 6.33. The summed E-state index contributed by atoms with van der Waals surface area (Å²) < 4.78 is 10.6. The van der Waals surface area contributed by atoms with E-state index in [2.05, 4.69) is 60.9 Å². The number of nitrogens with zero attached hydrogens (tertiary/aromatic N) is 6. The lowest BCUT2D eigenvalue weighted by Crippen LogP contribution is -2.51. The molecule has 4 fully saturated rings. The van der Waals surface area contributed by atoms with Crippen LogP contribution in [-0.4, -0.2) is 97.2 Å². The highest BCUT2D eigenvalue weighted by Crippen LogP contribution is 2.44. The van der Waals surface area contributed by atoms with Crippen molar-refractivity contribution in [1.29, 1.82) is 10.5 Å². The Balaban J connectivity index is 0.000000186. The van der Waals surface area contributed by atoms with Gasteiger partial charge in [0.15, 0.2) is 0 Å². The second kappa shape index (κ2) is 20.8.